The number of amides is 2. The van der Waals surface area contributed by atoms with Crippen molar-refractivity contribution >= 4 is 23.2 Å². The first kappa shape index (κ1) is 18.5. The molecular formula is C18H15N3O5. The Hall–Kier alpha value is -3.86. The number of ether oxygens (including phenoxy) is 1. The number of hydrogen-bond donors (Lipinski definition) is 2. The molecule has 8 heteroatoms. The van der Waals surface area contributed by atoms with Crippen LogP contribution in [0.25, 0.3) is 0 Å². The van der Waals surface area contributed by atoms with Crippen LogP contribution in [0.3, 0.4) is 0 Å². The van der Waals surface area contributed by atoms with Crippen LogP contribution in [-0.2, 0) is 9.59 Å². The number of benzene rings is 2. The second-order valence-electron chi connectivity index (χ2n) is 5.06. The fourth-order valence-electron chi connectivity index (χ4n) is 2.00. The van der Waals surface area contributed by atoms with Gasteiger partial charge in [0.05, 0.1) is 11.5 Å². The number of rotatable bonds is 7. The van der Waals surface area contributed by atoms with Crippen LogP contribution >= 0.6 is 0 Å². The van der Waals surface area contributed by atoms with Crippen molar-refractivity contribution in [2.24, 2.45) is 0 Å². The largest absolute Gasteiger partial charge is 0.477 e. The molecule has 0 fully saturated rings. The summed E-state index contributed by atoms with van der Waals surface area (Å²) in [5.41, 5.74) is 0.881. The highest BCUT2D eigenvalue weighted by molar-refractivity contribution is 5.94. The molecule has 8 nitrogen and oxygen atoms in total. The predicted octanol–water partition coefficient (Wildman–Crippen LogP) is 1.71. The number of nitrogens with zero attached hydrogens (tertiary/aromatic N) is 1. The molecule has 0 aromatic heterocycles. The van der Waals surface area contributed by atoms with Gasteiger partial charge in [-0.1, -0.05) is 24.1 Å². The van der Waals surface area contributed by atoms with Crippen LogP contribution in [0, 0.1) is 22.5 Å². The van der Waals surface area contributed by atoms with Gasteiger partial charge >= 0.3 is 5.69 Å². The first-order valence-corrected chi connectivity index (χ1v) is 7.49. The summed E-state index contributed by atoms with van der Waals surface area (Å²) in [4.78, 5) is 33.8. The minimum Gasteiger partial charge on any atom is -0.477 e. The normalized spacial score (nSPS) is 9.65. The SMILES string of the molecule is C#Cc1cccc(NC(=O)CNC(=O)COc2ccccc2[N+](=O)[O-])c1. The monoisotopic (exact) mass is 353 g/mol. The van der Waals surface area contributed by atoms with Crippen LogP contribution in [0.15, 0.2) is 48.5 Å². The molecule has 2 rings (SSSR count). The van der Waals surface area contributed by atoms with E-state index in [-0.39, 0.29) is 18.0 Å². The Bertz CT molecular complexity index is 873. The van der Waals surface area contributed by atoms with Crippen LogP contribution in [0.5, 0.6) is 5.75 Å². The van der Waals surface area contributed by atoms with Gasteiger partial charge < -0.3 is 15.4 Å². The molecule has 2 aromatic rings. The first-order chi connectivity index (χ1) is 12.5. The Morgan fingerprint density at radius 1 is 1.15 bits per heavy atom. The zero-order valence-corrected chi connectivity index (χ0v) is 13.6. The van der Waals surface area contributed by atoms with Crippen molar-refractivity contribution in [1.29, 1.82) is 0 Å². The summed E-state index contributed by atoms with van der Waals surface area (Å²) in [5, 5.41) is 15.8. The van der Waals surface area contributed by atoms with E-state index in [1.165, 1.54) is 18.2 Å². The molecule has 0 spiro atoms. The first-order valence-electron chi connectivity index (χ1n) is 7.49. The van der Waals surface area contributed by atoms with Gasteiger partial charge in [0.15, 0.2) is 12.4 Å². The van der Waals surface area contributed by atoms with E-state index >= 15 is 0 Å². The molecule has 0 saturated heterocycles. The summed E-state index contributed by atoms with van der Waals surface area (Å²) in [5.74, 6) is 1.39. The fraction of sp³-hybridized carbons (Fsp3) is 0.111. The lowest BCUT2D eigenvalue weighted by atomic mass is 10.2. The second-order valence-corrected chi connectivity index (χ2v) is 5.06. The van der Waals surface area contributed by atoms with Crippen molar-refractivity contribution in [2.75, 3.05) is 18.5 Å². The third kappa shape index (κ3) is 5.35. The minimum absolute atomic E-state index is 0.0248. The molecular weight excluding hydrogens is 338 g/mol. The Morgan fingerprint density at radius 2 is 1.92 bits per heavy atom. The molecule has 2 N–H and O–H groups in total. The number of nitrogens with one attached hydrogen (secondary N) is 2. The van der Waals surface area contributed by atoms with Crippen molar-refractivity contribution in [3.8, 4) is 18.1 Å². The zero-order chi connectivity index (χ0) is 18.9. The topological polar surface area (TPSA) is 111 Å². The highest BCUT2D eigenvalue weighted by Crippen LogP contribution is 2.25. The molecule has 0 saturated carbocycles. The van der Waals surface area contributed by atoms with E-state index in [2.05, 4.69) is 16.6 Å². The Kier molecular flexibility index (Phi) is 6.28. The lowest BCUT2D eigenvalue weighted by Gasteiger charge is -2.08. The van der Waals surface area contributed by atoms with Crippen molar-refractivity contribution in [1.82, 2.24) is 5.32 Å². The molecule has 0 aliphatic rings. The van der Waals surface area contributed by atoms with Gasteiger partial charge in [-0.15, -0.1) is 6.42 Å². The van der Waals surface area contributed by atoms with Gasteiger partial charge in [-0.3, -0.25) is 19.7 Å². The number of nitro benzene ring substituents is 1. The van der Waals surface area contributed by atoms with E-state index in [1.807, 2.05) is 0 Å². The van der Waals surface area contributed by atoms with Crippen LogP contribution in [0.2, 0.25) is 0 Å². The zero-order valence-electron chi connectivity index (χ0n) is 13.6. The summed E-state index contributed by atoms with van der Waals surface area (Å²) in [6.45, 7) is -0.732. The molecule has 132 valence electrons. The minimum atomic E-state index is -0.606. The summed E-state index contributed by atoms with van der Waals surface area (Å²) in [6.07, 6.45) is 5.28. The standard InChI is InChI=1S/C18H15N3O5/c1-2-13-6-5-7-14(10-13)20-17(22)11-19-18(23)12-26-16-9-4-3-8-15(16)21(24)25/h1,3-10H,11-12H2,(H,19,23)(H,20,22). The number of carbonyl (C=O) groups excluding carboxylic acids is 2. The maximum absolute atomic E-state index is 11.8. The van der Waals surface area contributed by atoms with E-state index in [0.717, 1.165) is 0 Å². The molecule has 0 aliphatic heterocycles. The van der Waals surface area contributed by atoms with Crippen molar-refractivity contribution in [2.45, 2.75) is 0 Å². The molecule has 0 bridgehead atoms. The molecule has 0 heterocycles. The van der Waals surface area contributed by atoms with Gasteiger partial charge in [-0.2, -0.15) is 0 Å². The lowest BCUT2D eigenvalue weighted by molar-refractivity contribution is -0.385. The van der Waals surface area contributed by atoms with Gasteiger partial charge in [0, 0.05) is 17.3 Å². The maximum atomic E-state index is 11.8. The lowest BCUT2D eigenvalue weighted by Crippen LogP contribution is -2.35. The number of nitro groups is 1. The van der Waals surface area contributed by atoms with E-state index in [9.17, 15) is 19.7 Å². The van der Waals surface area contributed by atoms with Gasteiger partial charge in [0.25, 0.3) is 5.91 Å². The van der Waals surface area contributed by atoms with Crippen molar-refractivity contribution in [3.05, 3.63) is 64.2 Å². The van der Waals surface area contributed by atoms with E-state index in [0.29, 0.717) is 11.3 Å². The molecule has 2 amide bonds. The number of carbonyl (C=O) groups is 2. The Balaban J connectivity index is 1.81. The van der Waals surface area contributed by atoms with Gasteiger partial charge in [-0.05, 0) is 24.3 Å². The summed E-state index contributed by atoms with van der Waals surface area (Å²) < 4.78 is 5.13. The number of anilines is 1. The molecule has 0 radical (unpaired) electrons. The quantitative estimate of drug-likeness (QED) is 0.447. The predicted molar refractivity (Wildman–Crippen MR) is 94.6 cm³/mol. The summed E-state index contributed by atoms with van der Waals surface area (Å²) >= 11 is 0. The van der Waals surface area contributed by atoms with Crippen LogP contribution < -0.4 is 15.4 Å². The van der Waals surface area contributed by atoms with Gasteiger partial charge in [0.1, 0.15) is 0 Å². The van der Waals surface area contributed by atoms with Crippen LogP contribution in [0.1, 0.15) is 5.56 Å². The van der Waals surface area contributed by atoms with E-state index in [1.54, 1.807) is 30.3 Å². The molecule has 26 heavy (non-hydrogen) atoms. The fourth-order valence-corrected chi connectivity index (χ4v) is 2.00. The Morgan fingerprint density at radius 3 is 2.65 bits per heavy atom. The third-order valence-electron chi connectivity index (χ3n) is 3.18. The summed E-state index contributed by atoms with van der Waals surface area (Å²) in [6, 6.07) is 12.4. The highest BCUT2D eigenvalue weighted by atomic mass is 16.6. The van der Waals surface area contributed by atoms with E-state index in [4.69, 9.17) is 11.2 Å². The molecule has 2 aromatic carbocycles. The molecule has 0 atom stereocenters. The Labute approximate surface area is 149 Å². The average Bonchev–Trinajstić information content (AvgIpc) is 2.65. The van der Waals surface area contributed by atoms with Crippen LogP contribution in [0.4, 0.5) is 11.4 Å². The molecule has 0 unspecified atom stereocenters. The second kappa shape index (κ2) is 8.84. The smallest absolute Gasteiger partial charge is 0.310 e. The van der Waals surface area contributed by atoms with Gasteiger partial charge in [-0.25, -0.2) is 0 Å². The van der Waals surface area contributed by atoms with Gasteiger partial charge in [0.2, 0.25) is 5.91 Å². The highest BCUT2D eigenvalue weighted by Gasteiger charge is 2.15. The number of terminal acetylenes is 1. The number of para-hydroxylation sites is 2. The third-order valence-corrected chi connectivity index (χ3v) is 3.18. The molecule has 0 aliphatic carbocycles. The van der Waals surface area contributed by atoms with Crippen LogP contribution in [-0.4, -0.2) is 29.9 Å². The van der Waals surface area contributed by atoms with E-state index < -0.39 is 23.3 Å². The van der Waals surface area contributed by atoms with Crippen molar-refractivity contribution < 1.29 is 19.2 Å². The average molecular weight is 353 g/mol. The summed E-state index contributed by atoms with van der Waals surface area (Å²) in [7, 11) is 0. The maximum Gasteiger partial charge on any atom is 0.310 e. The number of hydrogen-bond acceptors (Lipinski definition) is 5. The van der Waals surface area contributed by atoms with Crippen molar-refractivity contribution in [3.63, 3.8) is 0 Å².